The van der Waals surface area contributed by atoms with Gasteiger partial charge in [-0.2, -0.15) is 0 Å². The van der Waals surface area contributed by atoms with E-state index in [9.17, 15) is 17.2 Å². The Bertz CT molecular complexity index is 775. The monoisotopic (exact) mass is 382 g/mol. The van der Waals surface area contributed by atoms with Crippen LogP contribution in [0.15, 0.2) is 26.9 Å². The minimum Gasteiger partial charge on any atom is -0.397 e. The molecule has 1 aromatic heterocycles. The molecule has 9 heteroatoms. The van der Waals surface area contributed by atoms with E-state index < -0.39 is 27.3 Å². The predicted octanol–water partition coefficient (Wildman–Crippen LogP) is 3.48. The van der Waals surface area contributed by atoms with E-state index in [1.165, 1.54) is 17.4 Å². The van der Waals surface area contributed by atoms with Crippen LogP contribution in [0, 0.1) is 18.6 Å². The predicted molar refractivity (Wildman–Crippen MR) is 78.3 cm³/mol. The number of hydrogen-bond donors (Lipinski definition) is 2. The molecule has 0 atom stereocenters. The fourth-order valence-corrected chi connectivity index (χ4v) is 5.06. The molecule has 0 radical (unpaired) electrons. The first-order valence-electron chi connectivity index (χ1n) is 5.24. The van der Waals surface area contributed by atoms with Crippen molar-refractivity contribution in [1.82, 2.24) is 0 Å². The molecule has 2 aromatic rings. The van der Waals surface area contributed by atoms with Crippen LogP contribution in [-0.2, 0) is 10.0 Å². The van der Waals surface area contributed by atoms with E-state index in [-0.39, 0.29) is 10.6 Å². The molecule has 0 saturated carbocycles. The number of benzene rings is 1. The van der Waals surface area contributed by atoms with E-state index in [0.717, 1.165) is 12.1 Å². The zero-order valence-electron chi connectivity index (χ0n) is 10.1. The lowest BCUT2D eigenvalue weighted by Gasteiger charge is -2.11. The van der Waals surface area contributed by atoms with Gasteiger partial charge in [0.1, 0.15) is 10.6 Å². The minimum atomic E-state index is -4.04. The molecule has 108 valence electrons. The number of sulfonamides is 1. The second-order valence-electron chi connectivity index (χ2n) is 3.90. The van der Waals surface area contributed by atoms with Gasteiger partial charge in [0.05, 0.1) is 9.47 Å². The average molecular weight is 383 g/mol. The summed E-state index contributed by atoms with van der Waals surface area (Å²) >= 11 is 4.39. The molecule has 2 rings (SSSR count). The summed E-state index contributed by atoms with van der Waals surface area (Å²) in [4.78, 5) is 0.497. The SMILES string of the molecule is Cc1sc(Br)cc1S(=O)(=O)Nc1c(N)ccc(F)c1F. The molecule has 0 aliphatic carbocycles. The van der Waals surface area contributed by atoms with Crippen LogP contribution in [0.3, 0.4) is 0 Å². The van der Waals surface area contributed by atoms with Crippen LogP contribution in [0.2, 0.25) is 0 Å². The summed E-state index contributed by atoms with van der Waals surface area (Å²) in [5, 5.41) is 0. The lowest BCUT2D eigenvalue weighted by atomic mass is 10.2. The Morgan fingerprint density at radius 1 is 1.35 bits per heavy atom. The molecule has 1 heterocycles. The van der Waals surface area contributed by atoms with Crippen LogP contribution < -0.4 is 10.5 Å². The van der Waals surface area contributed by atoms with Gasteiger partial charge in [-0.15, -0.1) is 11.3 Å². The summed E-state index contributed by atoms with van der Waals surface area (Å²) in [6, 6.07) is 3.30. The maximum atomic E-state index is 13.6. The summed E-state index contributed by atoms with van der Waals surface area (Å²) in [7, 11) is -4.04. The number of nitrogens with one attached hydrogen (secondary N) is 1. The van der Waals surface area contributed by atoms with Crippen molar-refractivity contribution in [3.8, 4) is 0 Å². The zero-order chi connectivity index (χ0) is 15.1. The van der Waals surface area contributed by atoms with Gasteiger partial charge in [0.15, 0.2) is 11.6 Å². The molecule has 0 spiro atoms. The number of halogens is 3. The van der Waals surface area contributed by atoms with E-state index >= 15 is 0 Å². The van der Waals surface area contributed by atoms with Gasteiger partial charge in [-0.3, -0.25) is 4.72 Å². The van der Waals surface area contributed by atoms with Gasteiger partial charge in [-0.05, 0) is 41.1 Å². The Hall–Kier alpha value is -1.19. The Labute approximate surface area is 126 Å². The van der Waals surface area contributed by atoms with E-state index in [4.69, 9.17) is 5.73 Å². The van der Waals surface area contributed by atoms with Crippen LogP contribution in [-0.4, -0.2) is 8.42 Å². The Morgan fingerprint density at radius 2 is 2.00 bits per heavy atom. The molecule has 0 amide bonds. The Morgan fingerprint density at radius 3 is 2.55 bits per heavy atom. The van der Waals surface area contributed by atoms with Crippen molar-refractivity contribution < 1.29 is 17.2 Å². The molecule has 0 aliphatic rings. The highest BCUT2D eigenvalue weighted by molar-refractivity contribution is 9.11. The lowest BCUT2D eigenvalue weighted by Crippen LogP contribution is -2.16. The zero-order valence-corrected chi connectivity index (χ0v) is 13.3. The second kappa shape index (κ2) is 5.30. The van der Waals surface area contributed by atoms with Gasteiger partial charge < -0.3 is 5.73 Å². The Kier molecular flexibility index (Phi) is 4.03. The van der Waals surface area contributed by atoms with Crippen molar-refractivity contribution >= 4 is 48.7 Å². The van der Waals surface area contributed by atoms with Crippen molar-refractivity contribution in [2.75, 3.05) is 10.5 Å². The fourth-order valence-electron chi connectivity index (χ4n) is 1.56. The smallest absolute Gasteiger partial charge is 0.263 e. The number of hydrogen-bond acceptors (Lipinski definition) is 4. The average Bonchev–Trinajstić information content (AvgIpc) is 2.70. The molecule has 20 heavy (non-hydrogen) atoms. The van der Waals surface area contributed by atoms with Crippen LogP contribution in [0.4, 0.5) is 20.2 Å². The number of rotatable bonds is 3. The number of aryl methyl sites for hydroxylation is 1. The fraction of sp³-hybridized carbons (Fsp3) is 0.0909. The first kappa shape index (κ1) is 15.2. The third-order valence-corrected chi connectivity index (χ3v) is 5.65. The third kappa shape index (κ3) is 2.79. The first-order chi connectivity index (χ1) is 9.22. The van der Waals surface area contributed by atoms with Gasteiger partial charge in [-0.25, -0.2) is 17.2 Å². The standard InChI is InChI=1S/C11H9BrF2N2O2S2/c1-5-8(4-9(12)19-5)20(17,18)16-11-7(15)3-2-6(13)10(11)14/h2-4,16H,15H2,1H3. The summed E-state index contributed by atoms with van der Waals surface area (Å²) in [5.41, 5.74) is 4.69. The van der Waals surface area contributed by atoms with Gasteiger partial charge in [0, 0.05) is 4.88 Å². The lowest BCUT2D eigenvalue weighted by molar-refractivity contribution is 0.512. The van der Waals surface area contributed by atoms with E-state index in [1.54, 1.807) is 6.92 Å². The summed E-state index contributed by atoms with van der Waals surface area (Å²) < 4.78 is 53.7. The molecular weight excluding hydrogens is 374 g/mol. The van der Waals surface area contributed by atoms with Gasteiger partial charge in [0.25, 0.3) is 10.0 Å². The van der Waals surface area contributed by atoms with Crippen LogP contribution in [0.25, 0.3) is 0 Å². The number of thiophene rings is 1. The highest BCUT2D eigenvalue weighted by atomic mass is 79.9. The molecule has 0 unspecified atom stereocenters. The largest absolute Gasteiger partial charge is 0.397 e. The third-order valence-electron chi connectivity index (χ3n) is 2.50. The molecule has 0 aliphatic heterocycles. The first-order valence-corrected chi connectivity index (χ1v) is 8.34. The molecule has 3 N–H and O–H groups in total. The molecule has 4 nitrogen and oxygen atoms in total. The quantitative estimate of drug-likeness (QED) is 0.798. The molecule has 1 aromatic carbocycles. The number of nitrogens with two attached hydrogens (primary N) is 1. The maximum Gasteiger partial charge on any atom is 0.263 e. The molecule has 0 saturated heterocycles. The van der Waals surface area contributed by atoms with Crippen LogP contribution >= 0.6 is 27.3 Å². The number of nitrogen functional groups attached to an aromatic ring is 1. The van der Waals surface area contributed by atoms with Crippen molar-refractivity contribution in [3.05, 3.63) is 38.5 Å². The molecular formula is C11H9BrF2N2O2S2. The number of anilines is 2. The van der Waals surface area contributed by atoms with Crippen molar-refractivity contribution in [3.63, 3.8) is 0 Å². The Balaban J connectivity index is 2.49. The normalized spacial score (nSPS) is 11.6. The van der Waals surface area contributed by atoms with Gasteiger partial charge in [-0.1, -0.05) is 0 Å². The highest BCUT2D eigenvalue weighted by Gasteiger charge is 2.23. The van der Waals surface area contributed by atoms with E-state index in [1.807, 2.05) is 4.72 Å². The molecule has 0 fully saturated rings. The summed E-state index contributed by atoms with van der Waals surface area (Å²) in [6.45, 7) is 1.61. The van der Waals surface area contributed by atoms with Crippen LogP contribution in [0.5, 0.6) is 0 Å². The van der Waals surface area contributed by atoms with Gasteiger partial charge >= 0.3 is 0 Å². The van der Waals surface area contributed by atoms with Gasteiger partial charge in [0.2, 0.25) is 0 Å². The molecule has 0 bridgehead atoms. The topological polar surface area (TPSA) is 72.2 Å². The minimum absolute atomic E-state index is 0.0163. The van der Waals surface area contributed by atoms with Crippen molar-refractivity contribution in [1.29, 1.82) is 0 Å². The second-order valence-corrected chi connectivity index (χ2v) is 8.19. The van der Waals surface area contributed by atoms with Crippen LogP contribution in [0.1, 0.15) is 4.88 Å². The highest BCUT2D eigenvalue weighted by Crippen LogP contribution is 2.32. The van der Waals surface area contributed by atoms with E-state index in [0.29, 0.717) is 8.66 Å². The van der Waals surface area contributed by atoms with E-state index in [2.05, 4.69) is 15.9 Å². The maximum absolute atomic E-state index is 13.6. The van der Waals surface area contributed by atoms with Crippen molar-refractivity contribution in [2.45, 2.75) is 11.8 Å². The van der Waals surface area contributed by atoms with Crippen molar-refractivity contribution in [2.24, 2.45) is 0 Å². The summed E-state index contributed by atoms with van der Waals surface area (Å²) in [6.07, 6.45) is 0. The summed E-state index contributed by atoms with van der Waals surface area (Å²) in [5.74, 6) is -2.51.